The number of aromatic amines is 1. The van der Waals surface area contributed by atoms with E-state index in [9.17, 15) is 9.59 Å². The summed E-state index contributed by atoms with van der Waals surface area (Å²) in [7, 11) is 3.01. The number of amides is 1. The van der Waals surface area contributed by atoms with Gasteiger partial charge in [-0.2, -0.15) is 0 Å². The van der Waals surface area contributed by atoms with Crippen LogP contribution in [0.15, 0.2) is 34.7 Å². The van der Waals surface area contributed by atoms with Gasteiger partial charge in [-0.1, -0.05) is 12.1 Å². The number of ether oxygens (including phenoxy) is 1. The maximum atomic E-state index is 12.6. The van der Waals surface area contributed by atoms with E-state index >= 15 is 0 Å². The van der Waals surface area contributed by atoms with Gasteiger partial charge in [0.25, 0.3) is 5.91 Å². The van der Waals surface area contributed by atoms with Crippen LogP contribution in [0.25, 0.3) is 10.9 Å². The molecule has 0 aliphatic carbocycles. The number of carbonyl (C=O) groups excluding carboxylic acids is 2. The molecule has 0 spiro atoms. The maximum Gasteiger partial charge on any atom is 0.341 e. The zero-order valence-electron chi connectivity index (χ0n) is 14.7. The molecule has 1 amide bonds. The fourth-order valence-electron chi connectivity index (χ4n) is 2.80. The van der Waals surface area contributed by atoms with Crippen LogP contribution in [-0.4, -0.2) is 35.9 Å². The molecule has 6 nitrogen and oxygen atoms in total. The Kier molecular flexibility index (Phi) is 4.35. The summed E-state index contributed by atoms with van der Waals surface area (Å²) in [6, 6.07) is 9.44. The molecule has 1 N–H and O–H groups in total. The van der Waals surface area contributed by atoms with Crippen molar-refractivity contribution in [3.63, 3.8) is 0 Å². The van der Waals surface area contributed by atoms with Gasteiger partial charge in [0.2, 0.25) is 0 Å². The number of nitrogens with one attached hydrogen (secondary N) is 1. The summed E-state index contributed by atoms with van der Waals surface area (Å²) in [6.45, 7) is 3.95. The molecule has 0 saturated heterocycles. The number of fused-ring (bicyclic) bond motifs is 1. The molecule has 0 fully saturated rings. The monoisotopic (exact) mass is 340 g/mol. The van der Waals surface area contributed by atoms with E-state index in [-0.39, 0.29) is 12.5 Å². The first-order valence-electron chi connectivity index (χ1n) is 7.91. The average molecular weight is 340 g/mol. The minimum atomic E-state index is -0.451. The first-order chi connectivity index (χ1) is 11.9. The highest BCUT2D eigenvalue weighted by Gasteiger charge is 2.19. The van der Waals surface area contributed by atoms with Gasteiger partial charge in [-0.15, -0.1) is 0 Å². The molecule has 1 aromatic carbocycles. The standard InChI is InChI=1S/C19H20N2O4/c1-11-5-6-13-8-17(20-16(13)7-11)18(22)21(3)10-14-9-15(12(2)25-14)19(23)24-4/h5-9,20H,10H2,1-4H3. The molecular formula is C19H20N2O4. The van der Waals surface area contributed by atoms with E-state index in [2.05, 4.69) is 4.98 Å². The Morgan fingerprint density at radius 3 is 2.68 bits per heavy atom. The van der Waals surface area contributed by atoms with Crippen molar-refractivity contribution in [2.75, 3.05) is 14.2 Å². The number of benzene rings is 1. The number of hydrogen-bond acceptors (Lipinski definition) is 4. The zero-order valence-corrected chi connectivity index (χ0v) is 14.7. The fraction of sp³-hybridized carbons (Fsp3) is 0.263. The van der Waals surface area contributed by atoms with Crippen molar-refractivity contribution >= 4 is 22.8 Å². The lowest BCUT2D eigenvalue weighted by atomic mass is 10.2. The van der Waals surface area contributed by atoms with Crippen LogP contribution in [0.5, 0.6) is 0 Å². The van der Waals surface area contributed by atoms with Crippen molar-refractivity contribution < 1.29 is 18.7 Å². The molecule has 2 heterocycles. The number of nitrogens with zero attached hydrogens (tertiary/aromatic N) is 1. The molecule has 25 heavy (non-hydrogen) atoms. The van der Waals surface area contributed by atoms with Crippen LogP contribution >= 0.6 is 0 Å². The Morgan fingerprint density at radius 1 is 1.20 bits per heavy atom. The lowest BCUT2D eigenvalue weighted by Crippen LogP contribution is -2.26. The third-order valence-corrected chi connectivity index (χ3v) is 4.12. The lowest BCUT2D eigenvalue weighted by Gasteiger charge is -2.14. The van der Waals surface area contributed by atoms with Crippen LogP contribution in [0.1, 0.15) is 37.9 Å². The number of H-pyrrole nitrogens is 1. The van der Waals surface area contributed by atoms with Crippen LogP contribution in [0.2, 0.25) is 0 Å². The van der Waals surface area contributed by atoms with Gasteiger partial charge in [-0.05, 0) is 37.6 Å². The predicted octanol–water partition coefficient (Wildman–Crippen LogP) is 3.44. The molecule has 0 saturated carbocycles. The minimum absolute atomic E-state index is 0.150. The van der Waals surface area contributed by atoms with E-state index in [1.165, 1.54) is 12.0 Å². The summed E-state index contributed by atoms with van der Waals surface area (Å²) >= 11 is 0. The van der Waals surface area contributed by atoms with Crippen molar-refractivity contribution in [3.8, 4) is 0 Å². The highest BCUT2D eigenvalue weighted by atomic mass is 16.5. The van der Waals surface area contributed by atoms with Crippen LogP contribution in [0, 0.1) is 13.8 Å². The van der Waals surface area contributed by atoms with E-state index in [0.29, 0.717) is 22.8 Å². The first-order valence-corrected chi connectivity index (χ1v) is 7.91. The number of methoxy groups -OCH3 is 1. The number of carbonyl (C=O) groups is 2. The van der Waals surface area contributed by atoms with E-state index in [1.54, 1.807) is 20.0 Å². The second-order valence-electron chi connectivity index (χ2n) is 6.11. The molecule has 2 aromatic heterocycles. The SMILES string of the molecule is COC(=O)c1cc(CN(C)C(=O)c2cc3ccc(C)cc3[nH]2)oc1C. The molecule has 6 heteroatoms. The molecule has 0 radical (unpaired) electrons. The molecule has 0 unspecified atom stereocenters. The van der Waals surface area contributed by atoms with Crippen LogP contribution < -0.4 is 0 Å². The zero-order chi connectivity index (χ0) is 18.1. The highest BCUT2D eigenvalue weighted by molar-refractivity contribution is 5.98. The highest BCUT2D eigenvalue weighted by Crippen LogP contribution is 2.20. The molecule has 0 bridgehead atoms. The minimum Gasteiger partial charge on any atom is -0.465 e. The Hall–Kier alpha value is -3.02. The van der Waals surface area contributed by atoms with Gasteiger partial charge in [0.1, 0.15) is 22.8 Å². The summed E-state index contributed by atoms with van der Waals surface area (Å²) in [5, 5.41) is 0.990. The molecule has 3 aromatic rings. The van der Waals surface area contributed by atoms with Gasteiger partial charge >= 0.3 is 5.97 Å². The van der Waals surface area contributed by atoms with Crippen LogP contribution in [0.3, 0.4) is 0 Å². The van der Waals surface area contributed by atoms with Gasteiger partial charge in [-0.3, -0.25) is 4.79 Å². The number of aryl methyl sites for hydroxylation is 2. The summed E-state index contributed by atoms with van der Waals surface area (Å²) in [5.41, 5.74) is 2.95. The second-order valence-corrected chi connectivity index (χ2v) is 6.11. The smallest absolute Gasteiger partial charge is 0.341 e. The van der Waals surface area contributed by atoms with Gasteiger partial charge in [0, 0.05) is 18.0 Å². The molecule has 0 atom stereocenters. The van der Waals surface area contributed by atoms with Gasteiger partial charge < -0.3 is 19.0 Å². The van der Waals surface area contributed by atoms with E-state index < -0.39 is 5.97 Å². The Morgan fingerprint density at radius 2 is 1.96 bits per heavy atom. The van der Waals surface area contributed by atoms with Crippen molar-refractivity contribution in [1.29, 1.82) is 0 Å². The summed E-state index contributed by atoms with van der Waals surface area (Å²) in [4.78, 5) is 29.0. The number of furan rings is 1. The van der Waals surface area contributed by atoms with Crippen molar-refractivity contribution in [2.24, 2.45) is 0 Å². The van der Waals surface area contributed by atoms with Crippen molar-refractivity contribution in [2.45, 2.75) is 20.4 Å². The van der Waals surface area contributed by atoms with Gasteiger partial charge in [0.15, 0.2) is 0 Å². The quantitative estimate of drug-likeness (QED) is 0.738. The van der Waals surface area contributed by atoms with Crippen molar-refractivity contribution in [3.05, 3.63) is 58.7 Å². The van der Waals surface area contributed by atoms with Crippen molar-refractivity contribution in [1.82, 2.24) is 9.88 Å². The van der Waals surface area contributed by atoms with Gasteiger partial charge in [0.05, 0.1) is 13.7 Å². The number of esters is 1. The molecule has 3 rings (SSSR count). The first kappa shape index (κ1) is 16.8. The molecule has 0 aliphatic rings. The normalized spacial score (nSPS) is 10.9. The van der Waals surface area contributed by atoms with Gasteiger partial charge in [-0.25, -0.2) is 4.79 Å². The Labute approximate surface area is 145 Å². The maximum absolute atomic E-state index is 12.6. The average Bonchev–Trinajstić information content (AvgIpc) is 3.16. The summed E-state index contributed by atoms with van der Waals surface area (Å²) in [6.07, 6.45) is 0. The third-order valence-electron chi connectivity index (χ3n) is 4.12. The Balaban J connectivity index is 1.79. The van der Waals surface area contributed by atoms with E-state index in [1.807, 2.05) is 31.2 Å². The van der Waals surface area contributed by atoms with E-state index in [4.69, 9.17) is 9.15 Å². The number of hydrogen-bond donors (Lipinski definition) is 1. The largest absolute Gasteiger partial charge is 0.465 e. The summed E-state index contributed by atoms with van der Waals surface area (Å²) < 4.78 is 10.3. The molecule has 130 valence electrons. The van der Waals surface area contributed by atoms with E-state index in [0.717, 1.165) is 16.5 Å². The van der Waals surface area contributed by atoms with Crippen LogP contribution in [0.4, 0.5) is 0 Å². The van der Waals surface area contributed by atoms with Crippen LogP contribution in [-0.2, 0) is 11.3 Å². The fourth-order valence-corrected chi connectivity index (χ4v) is 2.80. The topological polar surface area (TPSA) is 75.5 Å². The predicted molar refractivity (Wildman–Crippen MR) is 93.6 cm³/mol. The number of rotatable bonds is 4. The lowest BCUT2D eigenvalue weighted by molar-refractivity contribution is 0.0598. The molecular weight excluding hydrogens is 320 g/mol. The second kappa shape index (κ2) is 6.47. The number of aromatic nitrogens is 1. The molecule has 0 aliphatic heterocycles. The Bertz CT molecular complexity index is 952. The third kappa shape index (κ3) is 3.28. The summed E-state index contributed by atoms with van der Waals surface area (Å²) in [5.74, 6) is 0.402.